The summed E-state index contributed by atoms with van der Waals surface area (Å²) in [6.45, 7) is 0.00406. The molecule has 0 radical (unpaired) electrons. The fourth-order valence-electron chi connectivity index (χ4n) is 1.92. The summed E-state index contributed by atoms with van der Waals surface area (Å²) in [6, 6.07) is 4.54. The van der Waals surface area contributed by atoms with Crippen LogP contribution in [-0.2, 0) is 6.54 Å². The molecule has 0 saturated carbocycles. The first-order valence-corrected chi connectivity index (χ1v) is 7.18. The summed E-state index contributed by atoms with van der Waals surface area (Å²) in [4.78, 5) is 28.3. The highest BCUT2D eigenvalue weighted by Gasteiger charge is 2.10. The Morgan fingerprint density at radius 2 is 1.91 bits per heavy atom. The number of hydrogen-bond donors (Lipinski definition) is 0. The number of fused-ring (bicyclic) bond motifs is 1. The molecule has 0 fully saturated rings. The highest BCUT2D eigenvalue weighted by Crippen LogP contribution is 2.15. The van der Waals surface area contributed by atoms with Crippen molar-refractivity contribution in [1.29, 1.82) is 0 Å². The molecule has 0 amide bonds. The number of nitrogens with zero attached hydrogens (tertiary/aromatic N) is 4. The van der Waals surface area contributed by atoms with Gasteiger partial charge in [0.05, 0.1) is 28.5 Å². The Morgan fingerprint density at radius 1 is 1.14 bits per heavy atom. The number of pyridine rings is 1. The Balaban J connectivity index is 2.09. The first-order chi connectivity index (χ1) is 10.5. The lowest BCUT2D eigenvalue weighted by Gasteiger charge is -2.07. The van der Waals surface area contributed by atoms with Gasteiger partial charge in [-0.05, 0) is 12.1 Å². The summed E-state index contributed by atoms with van der Waals surface area (Å²) in [5.74, 6) is 0. The third kappa shape index (κ3) is 2.72. The maximum Gasteiger partial charge on any atom is 0.287 e. The topological polar surface area (TPSA) is 69.3 Å². The van der Waals surface area contributed by atoms with Crippen LogP contribution in [0.1, 0.15) is 5.69 Å². The van der Waals surface area contributed by atoms with E-state index in [1.54, 1.807) is 12.1 Å². The van der Waals surface area contributed by atoms with Gasteiger partial charge in [0.2, 0.25) is 0 Å². The van der Waals surface area contributed by atoms with Crippen molar-refractivity contribution in [1.82, 2.24) is 19.2 Å². The average Bonchev–Trinajstić information content (AvgIpc) is 2.49. The summed E-state index contributed by atoms with van der Waals surface area (Å²) in [5, 5.41) is 4.25. The lowest BCUT2D eigenvalue weighted by atomic mass is 10.3. The third-order valence-electron chi connectivity index (χ3n) is 2.93. The molecule has 3 aromatic rings. The van der Waals surface area contributed by atoms with E-state index >= 15 is 0 Å². The molecule has 112 valence electrons. The maximum atomic E-state index is 12.1. The minimum atomic E-state index is -0.549. The molecule has 0 atom stereocenters. The summed E-state index contributed by atoms with van der Waals surface area (Å²) >= 11 is 17.3. The fraction of sp³-hybridized carbons (Fsp3) is 0.0769. The van der Waals surface area contributed by atoms with E-state index in [-0.39, 0.29) is 22.1 Å². The highest BCUT2D eigenvalue weighted by atomic mass is 35.5. The normalized spacial score (nSPS) is 11.0. The van der Waals surface area contributed by atoms with Crippen LogP contribution in [0, 0.1) is 0 Å². The van der Waals surface area contributed by atoms with Crippen LogP contribution in [0.15, 0.2) is 40.2 Å². The highest BCUT2D eigenvalue weighted by molar-refractivity contribution is 6.41. The van der Waals surface area contributed by atoms with Gasteiger partial charge in [0.1, 0.15) is 10.7 Å². The zero-order chi connectivity index (χ0) is 15.9. The Bertz CT molecular complexity index is 997. The minimum Gasteiger partial charge on any atom is -0.269 e. The van der Waals surface area contributed by atoms with E-state index in [0.717, 1.165) is 4.68 Å². The second-order valence-electron chi connectivity index (χ2n) is 4.43. The molecule has 3 rings (SSSR count). The zero-order valence-electron chi connectivity index (χ0n) is 10.8. The Hall–Kier alpha value is -1.89. The summed E-state index contributed by atoms with van der Waals surface area (Å²) < 4.78 is 2.40. The number of rotatable bonds is 2. The average molecular weight is 358 g/mol. The summed E-state index contributed by atoms with van der Waals surface area (Å²) in [5.41, 5.74) is -0.0665. The van der Waals surface area contributed by atoms with Crippen molar-refractivity contribution in [3.8, 4) is 0 Å². The van der Waals surface area contributed by atoms with E-state index in [0.29, 0.717) is 16.4 Å². The molecular formula is C13H7Cl3N4O2. The van der Waals surface area contributed by atoms with Crippen LogP contribution in [0.3, 0.4) is 0 Å². The van der Waals surface area contributed by atoms with Crippen molar-refractivity contribution >= 4 is 40.4 Å². The molecule has 6 nitrogen and oxygen atoms in total. The van der Waals surface area contributed by atoms with Gasteiger partial charge in [0.15, 0.2) is 0 Å². The first kappa shape index (κ1) is 15.0. The van der Waals surface area contributed by atoms with Gasteiger partial charge in [0, 0.05) is 12.3 Å². The molecule has 9 heteroatoms. The molecule has 0 aliphatic heterocycles. The SMILES string of the molecule is O=c1c(Cl)c(Cl)cnn1Cc1cc(=O)n2cc(Cl)ccc2n1. The molecule has 0 aromatic carbocycles. The van der Waals surface area contributed by atoms with E-state index in [9.17, 15) is 9.59 Å². The van der Waals surface area contributed by atoms with Gasteiger partial charge in [-0.2, -0.15) is 5.10 Å². The summed E-state index contributed by atoms with van der Waals surface area (Å²) in [6.07, 6.45) is 2.73. The summed E-state index contributed by atoms with van der Waals surface area (Å²) in [7, 11) is 0. The van der Waals surface area contributed by atoms with Crippen molar-refractivity contribution < 1.29 is 0 Å². The van der Waals surface area contributed by atoms with Gasteiger partial charge >= 0.3 is 0 Å². The van der Waals surface area contributed by atoms with E-state index in [1.807, 2.05) is 0 Å². The van der Waals surface area contributed by atoms with Gasteiger partial charge < -0.3 is 0 Å². The van der Waals surface area contributed by atoms with Gasteiger partial charge in [-0.1, -0.05) is 34.8 Å². The Morgan fingerprint density at radius 3 is 2.68 bits per heavy atom. The van der Waals surface area contributed by atoms with Crippen LogP contribution < -0.4 is 11.1 Å². The van der Waals surface area contributed by atoms with Gasteiger partial charge in [-0.25, -0.2) is 9.67 Å². The molecule has 22 heavy (non-hydrogen) atoms. The van der Waals surface area contributed by atoms with Gasteiger partial charge in [-0.15, -0.1) is 0 Å². The number of aromatic nitrogens is 4. The van der Waals surface area contributed by atoms with Crippen LogP contribution in [0.4, 0.5) is 0 Å². The van der Waals surface area contributed by atoms with Crippen molar-refractivity contribution in [2.75, 3.05) is 0 Å². The van der Waals surface area contributed by atoms with E-state index in [4.69, 9.17) is 34.8 Å². The van der Waals surface area contributed by atoms with Crippen LogP contribution in [-0.4, -0.2) is 19.2 Å². The quantitative estimate of drug-likeness (QED) is 0.705. The number of hydrogen-bond acceptors (Lipinski definition) is 4. The fourth-order valence-corrected chi connectivity index (χ4v) is 2.35. The first-order valence-electron chi connectivity index (χ1n) is 6.04. The molecule has 3 aromatic heterocycles. The molecule has 0 aliphatic rings. The Labute approximate surface area is 138 Å². The van der Waals surface area contributed by atoms with Crippen LogP contribution in [0.5, 0.6) is 0 Å². The van der Waals surface area contributed by atoms with E-state index < -0.39 is 5.56 Å². The minimum absolute atomic E-state index is 0.00406. The second-order valence-corrected chi connectivity index (χ2v) is 5.65. The largest absolute Gasteiger partial charge is 0.287 e. The molecule has 0 saturated heterocycles. The second kappa shape index (κ2) is 5.72. The third-order valence-corrected chi connectivity index (χ3v) is 3.90. The smallest absolute Gasteiger partial charge is 0.269 e. The van der Waals surface area contributed by atoms with E-state index in [1.165, 1.54) is 22.9 Å². The molecule has 0 N–H and O–H groups in total. The van der Waals surface area contributed by atoms with Crippen molar-refractivity contribution in [2.24, 2.45) is 0 Å². The predicted molar refractivity (Wildman–Crippen MR) is 84.1 cm³/mol. The zero-order valence-corrected chi connectivity index (χ0v) is 13.1. The van der Waals surface area contributed by atoms with Crippen molar-refractivity contribution in [3.63, 3.8) is 0 Å². The predicted octanol–water partition coefficient (Wildman–Crippen LogP) is 2.26. The molecule has 0 spiro atoms. The van der Waals surface area contributed by atoms with Crippen LogP contribution in [0.25, 0.3) is 5.65 Å². The molecule has 0 aliphatic carbocycles. The standard InChI is InChI=1S/C13H7Cl3N4O2/c14-7-1-2-10-18-8(3-11(21)19(10)5-7)6-20-13(22)12(16)9(15)4-17-20/h1-5H,6H2. The van der Waals surface area contributed by atoms with Crippen molar-refractivity contribution in [3.05, 3.63) is 72.1 Å². The number of halogens is 3. The molecule has 0 bridgehead atoms. The molecule has 3 heterocycles. The van der Waals surface area contributed by atoms with Gasteiger partial charge in [-0.3, -0.25) is 14.0 Å². The maximum absolute atomic E-state index is 12.1. The van der Waals surface area contributed by atoms with Crippen LogP contribution >= 0.6 is 34.8 Å². The van der Waals surface area contributed by atoms with E-state index in [2.05, 4.69) is 10.1 Å². The lowest BCUT2D eigenvalue weighted by Crippen LogP contribution is -2.25. The molecule has 0 unspecified atom stereocenters. The lowest BCUT2D eigenvalue weighted by molar-refractivity contribution is 0.627. The Kier molecular flexibility index (Phi) is 3.90. The van der Waals surface area contributed by atoms with Crippen LogP contribution in [0.2, 0.25) is 15.1 Å². The molecular weight excluding hydrogens is 351 g/mol. The van der Waals surface area contributed by atoms with Gasteiger partial charge in [0.25, 0.3) is 11.1 Å². The monoisotopic (exact) mass is 356 g/mol. The van der Waals surface area contributed by atoms with Crippen molar-refractivity contribution in [2.45, 2.75) is 6.54 Å².